The van der Waals surface area contributed by atoms with Gasteiger partial charge < -0.3 is 5.32 Å². The van der Waals surface area contributed by atoms with Crippen LogP contribution in [0.1, 0.15) is 11.1 Å². The van der Waals surface area contributed by atoms with Gasteiger partial charge in [-0.05, 0) is 42.8 Å². The van der Waals surface area contributed by atoms with Crippen LogP contribution in [0.15, 0.2) is 42.5 Å². The van der Waals surface area contributed by atoms with E-state index in [9.17, 15) is 0 Å². The fraction of sp³-hybridized carbons (Fsp3) is 0.0714. The highest BCUT2D eigenvalue weighted by Gasteiger charge is 2.00. The van der Waals surface area contributed by atoms with E-state index in [0.717, 1.165) is 16.9 Å². The molecule has 0 aliphatic heterocycles. The molecule has 0 fully saturated rings. The normalized spacial score (nSPS) is 9.71. The predicted octanol–water partition coefficient (Wildman–Crippen LogP) is 4.26. The molecule has 2 rings (SSSR count). The summed E-state index contributed by atoms with van der Waals surface area (Å²) in [6.07, 6.45) is 0. The summed E-state index contributed by atoms with van der Waals surface area (Å²) < 4.78 is 0. The molecule has 0 atom stereocenters. The molecule has 84 valence electrons. The van der Waals surface area contributed by atoms with Crippen LogP contribution in [-0.2, 0) is 0 Å². The maximum Gasteiger partial charge on any atom is 0.0992 e. The molecule has 17 heavy (non-hydrogen) atoms. The smallest absolute Gasteiger partial charge is 0.0992 e. The van der Waals surface area contributed by atoms with Gasteiger partial charge in [0.1, 0.15) is 0 Å². The number of halogens is 1. The van der Waals surface area contributed by atoms with Crippen LogP contribution in [-0.4, -0.2) is 0 Å². The number of hydrogen-bond donors (Lipinski definition) is 1. The lowest BCUT2D eigenvalue weighted by molar-refractivity contribution is 1.42. The third kappa shape index (κ3) is 2.77. The Bertz CT molecular complexity index is 585. The maximum absolute atomic E-state index is 8.83. The van der Waals surface area contributed by atoms with E-state index in [2.05, 4.69) is 11.4 Å². The molecule has 1 N–H and O–H groups in total. The van der Waals surface area contributed by atoms with Gasteiger partial charge in [-0.2, -0.15) is 5.26 Å². The third-order valence-electron chi connectivity index (χ3n) is 2.47. The Morgan fingerprint density at radius 1 is 1.18 bits per heavy atom. The summed E-state index contributed by atoms with van der Waals surface area (Å²) in [7, 11) is 0. The first-order valence-corrected chi connectivity index (χ1v) is 5.60. The zero-order chi connectivity index (χ0) is 12.3. The van der Waals surface area contributed by atoms with Gasteiger partial charge in [0.2, 0.25) is 0 Å². The molecular formula is C14H11ClN2. The SMILES string of the molecule is Cc1ccc(Cl)cc1Nc1cccc(C#N)c1. The van der Waals surface area contributed by atoms with Gasteiger partial charge in [-0.15, -0.1) is 0 Å². The quantitative estimate of drug-likeness (QED) is 0.854. The Kier molecular flexibility index (Phi) is 3.32. The van der Waals surface area contributed by atoms with Crippen molar-refractivity contribution in [3.05, 3.63) is 58.6 Å². The molecule has 0 saturated heterocycles. The van der Waals surface area contributed by atoms with Crippen LogP contribution in [0.25, 0.3) is 0 Å². The molecule has 2 aromatic carbocycles. The second kappa shape index (κ2) is 4.90. The van der Waals surface area contributed by atoms with Gasteiger partial charge in [-0.3, -0.25) is 0 Å². The van der Waals surface area contributed by atoms with E-state index in [4.69, 9.17) is 16.9 Å². The van der Waals surface area contributed by atoms with Gasteiger partial charge in [-0.1, -0.05) is 23.7 Å². The number of aryl methyl sites for hydroxylation is 1. The number of nitrogens with one attached hydrogen (secondary N) is 1. The molecule has 0 aromatic heterocycles. The average Bonchev–Trinajstić information content (AvgIpc) is 2.34. The predicted molar refractivity (Wildman–Crippen MR) is 70.6 cm³/mol. The van der Waals surface area contributed by atoms with E-state index in [1.54, 1.807) is 12.1 Å². The summed E-state index contributed by atoms with van der Waals surface area (Å²) in [5, 5.41) is 12.8. The topological polar surface area (TPSA) is 35.8 Å². The van der Waals surface area contributed by atoms with Crippen molar-refractivity contribution in [2.24, 2.45) is 0 Å². The van der Waals surface area contributed by atoms with E-state index in [-0.39, 0.29) is 0 Å². The zero-order valence-corrected chi connectivity index (χ0v) is 10.1. The minimum absolute atomic E-state index is 0.634. The van der Waals surface area contributed by atoms with Crippen LogP contribution >= 0.6 is 11.6 Å². The Morgan fingerprint density at radius 3 is 2.76 bits per heavy atom. The fourth-order valence-corrected chi connectivity index (χ4v) is 1.72. The highest BCUT2D eigenvalue weighted by molar-refractivity contribution is 6.30. The zero-order valence-electron chi connectivity index (χ0n) is 9.37. The highest BCUT2D eigenvalue weighted by Crippen LogP contribution is 2.24. The van der Waals surface area contributed by atoms with Crippen molar-refractivity contribution in [3.63, 3.8) is 0 Å². The van der Waals surface area contributed by atoms with Crippen LogP contribution in [0, 0.1) is 18.3 Å². The Labute approximate surface area is 105 Å². The third-order valence-corrected chi connectivity index (χ3v) is 2.71. The molecule has 2 aromatic rings. The van der Waals surface area contributed by atoms with E-state index >= 15 is 0 Å². The molecule has 0 bridgehead atoms. The molecule has 0 saturated carbocycles. The van der Waals surface area contributed by atoms with Gasteiger partial charge in [0, 0.05) is 16.4 Å². The second-order valence-corrected chi connectivity index (χ2v) is 4.21. The summed E-state index contributed by atoms with van der Waals surface area (Å²) in [6.45, 7) is 2.01. The van der Waals surface area contributed by atoms with Crippen LogP contribution < -0.4 is 5.32 Å². The summed E-state index contributed by atoms with van der Waals surface area (Å²) in [5.74, 6) is 0. The van der Waals surface area contributed by atoms with Crippen molar-refractivity contribution >= 4 is 23.0 Å². The monoisotopic (exact) mass is 242 g/mol. The minimum atomic E-state index is 0.634. The molecule has 0 amide bonds. The van der Waals surface area contributed by atoms with Crippen molar-refractivity contribution in [2.45, 2.75) is 6.92 Å². The first kappa shape index (κ1) is 11.5. The first-order chi connectivity index (χ1) is 8.19. The summed E-state index contributed by atoms with van der Waals surface area (Å²) in [5.41, 5.74) is 3.58. The second-order valence-electron chi connectivity index (χ2n) is 3.78. The van der Waals surface area contributed by atoms with E-state index in [1.807, 2.05) is 37.3 Å². The number of anilines is 2. The van der Waals surface area contributed by atoms with E-state index in [1.165, 1.54) is 0 Å². The Morgan fingerprint density at radius 2 is 2.00 bits per heavy atom. The number of hydrogen-bond acceptors (Lipinski definition) is 2. The van der Waals surface area contributed by atoms with Gasteiger partial charge in [-0.25, -0.2) is 0 Å². The molecule has 0 spiro atoms. The lowest BCUT2D eigenvalue weighted by Gasteiger charge is -2.10. The van der Waals surface area contributed by atoms with Crippen LogP contribution in [0.3, 0.4) is 0 Å². The average molecular weight is 243 g/mol. The van der Waals surface area contributed by atoms with Gasteiger partial charge in [0.05, 0.1) is 11.6 Å². The van der Waals surface area contributed by atoms with Gasteiger partial charge in [0.15, 0.2) is 0 Å². The van der Waals surface area contributed by atoms with Crippen LogP contribution in [0.4, 0.5) is 11.4 Å². The van der Waals surface area contributed by atoms with Crippen molar-refractivity contribution < 1.29 is 0 Å². The van der Waals surface area contributed by atoms with E-state index < -0.39 is 0 Å². The standard InChI is InChI=1S/C14H11ClN2/c1-10-5-6-12(15)8-14(10)17-13-4-2-3-11(7-13)9-16/h2-8,17H,1H3. The maximum atomic E-state index is 8.83. The van der Waals surface area contributed by atoms with Crippen molar-refractivity contribution in [3.8, 4) is 6.07 Å². The van der Waals surface area contributed by atoms with Crippen molar-refractivity contribution in [1.29, 1.82) is 5.26 Å². The largest absolute Gasteiger partial charge is 0.355 e. The lowest BCUT2D eigenvalue weighted by Crippen LogP contribution is -1.93. The van der Waals surface area contributed by atoms with Crippen molar-refractivity contribution in [2.75, 3.05) is 5.32 Å². The molecule has 0 radical (unpaired) electrons. The molecule has 0 aliphatic carbocycles. The number of rotatable bonds is 2. The number of nitrogens with zero attached hydrogens (tertiary/aromatic N) is 1. The van der Waals surface area contributed by atoms with Crippen molar-refractivity contribution in [1.82, 2.24) is 0 Å². The van der Waals surface area contributed by atoms with Gasteiger partial charge >= 0.3 is 0 Å². The Hall–Kier alpha value is -1.98. The molecule has 2 nitrogen and oxygen atoms in total. The lowest BCUT2D eigenvalue weighted by atomic mass is 10.1. The fourth-order valence-electron chi connectivity index (χ4n) is 1.55. The molecular weight excluding hydrogens is 232 g/mol. The molecule has 0 aliphatic rings. The summed E-state index contributed by atoms with van der Waals surface area (Å²) in [6, 6.07) is 15.1. The minimum Gasteiger partial charge on any atom is -0.355 e. The highest BCUT2D eigenvalue weighted by atomic mass is 35.5. The molecule has 0 heterocycles. The van der Waals surface area contributed by atoms with E-state index in [0.29, 0.717) is 10.6 Å². The Balaban J connectivity index is 2.31. The number of nitriles is 1. The van der Waals surface area contributed by atoms with Crippen LogP contribution in [0.5, 0.6) is 0 Å². The number of benzene rings is 2. The molecule has 3 heteroatoms. The summed E-state index contributed by atoms with van der Waals surface area (Å²) in [4.78, 5) is 0. The summed E-state index contributed by atoms with van der Waals surface area (Å²) >= 11 is 5.95. The van der Waals surface area contributed by atoms with Gasteiger partial charge in [0.25, 0.3) is 0 Å². The first-order valence-electron chi connectivity index (χ1n) is 5.22. The van der Waals surface area contributed by atoms with Crippen LogP contribution in [0.2, 0.25) is 5.02 Å². The molecule has 0 unspecified atom stereocenters.